The molecule has 1 unspecified atom stereocenters. The zero-order chi connectivity index (χ0) is 14.3. The van der Waals surface area contributed by atoms with Crippen LogP contribution in [0, 0.1) is 0 Å². The number of ether oxygens (including phenoxy) is 2. The van der Waals surface area contributed by atoms with Crippen molar-refractivity contribution in [2.75, 3.05) is 13.2 Å². The van der Waals surface area contributed by atoms with Gasteiger partial charge in [0.25, 0.3) is 5.91 Å². The van der Waals surface area contributed by atoms with Crippen LogP contribution in [0.3, 0.4) is 0 Å². The summed E-state index contributed by atoms with van der Waals surface area (Å²) in [6, 6.07) is 6.85. The average molecular weight is 286 g/mol. The lowest BCUT2D eigenvalue weighted by Gasteiger charge is -2.15. The summed E-state index contributed by atoms with van der Waals surface area (Å²) in [5.41, 5.74) is 0. The van der Waals surface area contributed by atoms with Crippen LogP contribution in [-0.2, 0) is 14.3 Å². The maximum Gasteiger partial charge on any atom is 0.325 e. The van der Waals surface area contributed by atoms with E-state index in [0.29, 0.717) is 10.8 Å². The number of nitrogens with one attached hydrogen (secondary N) is 1. The highest BCUT2D eigenvalue weighted by atomic mass is 35.5. The first-order valence-corrected chi connectivity index (χ1v) is 6.27. The Balaban J connectivity index is 2.45. The van der Waals surface area contributed by atoms with Crippen LogP contribution in [0.5, 0.6) is 5.75 Å². The summed E-state index contributed by atoms with van der Waals surface area (Å²) in [4.78, 5) is 22.8. The second kappa shape index (κ2) is 7.63. The fourth-order valence-electron chi connectivity index (χ4n) is 1.30. The number of carbonyl (C=O) groups is 2. The Kier molecular flexibility index (Phi) is 6.15. The second-order valence-corrected chi connectivity index (χ2v) is 4.12. The van der Waals surface area contributed by atoms with E-state index in [1.54, 1.807) is 38.1 Å². The second-order valence-electron chi connectivity index (χ2n) is 3.71. The molecule has 1 N–H and O–H groups in total. The Hall–Kier alpha value is -1.75. The van der Waals surface area contributed by atoms with Gasteiger partial charge in [-0.3, -0.25) is 9.59 Å². The highest BCUT2D eigenvalue weighted by molar-refractivity contribution is 6.32. The van der Waals surface area contributed by atoms with Crippen molar-refractivity contribution >= 4 is 23.5 Å². The molecule has 1 aromatic rings. The quantitative estimate of drug-likeness (QED) is 0.809. The zero-order valence-corrected chi connectivity index (χ0v) is 11.6. The number of hydrogen-bond acceptors (Lipinski definition) is 4. The molecule has 19 heavy (non-hydrogen) atoms. The van der Waals surface area contributed by atoms with Crippen LogP contribution in [0.4, 0.5) is 0 Å². The van der Waals surface area contributed by atoms with Crippen LogP contribution in [0.25, 0.3) is 0 Å². The molecule has 0 heterocycles. The van der Waals surface area contributed by atoms with Gasteiger partial charge in [0.15, 0.2) is 6.10 Å². The Morgan fingerprint density at radius 2 is 2.05 bits per heavy atom. The van der Waals surface area contributed by atoms with Gasteiger partial charge in [-0.1, -0.05) is 23.7 Å². The topological polar surface area (TPSA) is 64.6 Å². The normalized spacial score (nSPS) is 11.5. The van der Waals surface area contributed by atoms with Gasteiger partial charge in [0.05, 0.1) is 11.6 Å². The van der Waals surface area contributed by atoms with E-state index in [1.165, 1.54) is 0 Å². The largest absolute Gasteiger partial charge is 0.479 e. The lowest BCUT2D eigenvalue weighted by Crippen LogP contribution is -2.39. The fourth-order valence-corrected chi connectivity index (χ4v) is 1.48. The maximum absolute atomic E-state index is 11.7. The van der Waals surface area contributed by atoms with E-state index in [0.717, 1.165) is 0 Å². The van der Waals surface area contributed by atoms with Crippen molar-refractivity contribution in [1.29, 1.82) is 0 Å². The first-order valence-electron chi connectivity index (χ1n) is 5.89. The van der Waals surface area contributed by atoms with Crippen LogP contribution in [0.15, 0.2) is 24.3 Å². The minimum atomic E-state index is -0.755. The van der Waals surface area contributed by atoms with Crippen molar-refractivity contribution < 1.29 is 19.1 Å². The van der Waals surface area contributed by atoms with E-state index in [-0.39, 0.29) is 13.2 Å². The number of esters is 1. The van der Waals surface area contributed by atoms with Crippen LogP contribution in [0.1, 0.15) is 13.8 Å². The maximum atomic E-state index is 11.7. The average Bonchev–Trinajstić information content (AvgIpc) is 2.39. The molecule has 0 saturated carbocycles. The third kappa shape index (κ3) is 5.18. The Bertz CT molecular complexity index is 450. The highest BCUT2D eigenvalue weighted by Crippen LogP contribution is 2.24. The Morgan fingerprint density at radius 1 is 1.37 bits per heavy atom. The van der Waals surface area contributed by atoms with Gasteiger partial charge >= 0.3 is 5.97 Å². The highest BCUT2D eigenvalue weighted by Gasteiger charge is 2.16. The standard InChI is InChI=1S/C13H16ClNO4/c1-3-18-12(16)8-15-13(17)9(2)19-11-7-5-4-6-10(11)14/h4-7,9H,3,8H2,1-2H3,(H,15,17). The van der Waals surface area contributed by atoms with Gasteiger partial charge in [-0.2, -0.15) is 0 Å². The summed E-state index contributed by atoms with van der Waals surface area (Å²) in [5, 5.41) is 2.85. The smallest absolute Gasteiger partial charge is 0.325 e. The van der Waals surface area contributed by atoms with E-state index in [4.69, 9.17) is 21.1 Å². The van der Waals surface area contributed by atoms with E-state index in [2.05, 4.69) is 5.32 Å². The van der Waals surface area contributed by atoms with Gasteiger partial charge in [0.1, 0.15) is 12.3 Å². The molecule has 0 aliphatic rings. The van der Waals surface area contributed by atoms with Crippen molar-refractivity contribution in [3.63, 3.8) is 0 Å². The molecule has 5 nitrogen and oxygen atoms in total. The van der Waals surface area contributed by atoms with Gasteiger partial charge in [0, 0.05) is 0 Å². The van der Waals surface area contributed by atoms with E-state index in [1.807, 2.05) is 0 Å². The SMILES string of the molecule is CCOC(=O)CNC(=O)C(C)Oc1ccccc1Cl. The molecule has 0 aliphatic carbocycles. The summed E-state index contributed by atoms with van der Waals surface area (Å²) >= 11 is 5.91. The minimum Gasteiger partial charge on any atom is -0.479 e. The molecule has 0 aromatic heterocycles. The third-order valence-electron chi connectivity index (χ3n) is 2.22. The molecule has 0 fully saturated rings. The van der Waals surface area contributed by atoms with Crippen LogP contribution >= 0.6 is 11.6 Å². The van der Waals surface area contributed by atoms with Crippen LogP contribution in [-0.4, -0.2) is 31.1 Å². The number of rotatable bonds is 6. The van der Waals surface area contributed by atoms with Crippen molar-refractivity contribution in [3.8, 4) is 5.75 Å². The fraction of sp³-hybridized carbons (Fsp3) is 0.385. The zero-order valence-electron chi connectivity index (χ0n) is 10.8. The molecule has 1 aromatic carbocycles. The predicted molar refractivity (Wildman–Crippen MR) is 71.2 cm³/mol. The lowest BCUT2D eigenvalue weighted by molar-refractivity contribution is -0.144. The van der Waals surface area contributed by atoms with E-state index in [9.17, 15) is 9.59 Å². The summed E-state index contributed by atoms with van der Waals surface area (Å²) in [6.45, 7) is 3.37. The first-order chi connectivity index (χ1) is 9.04. The van der Waals surface area contributed by atoms with Gasteiger partial charge in [-0.25, -0.2) is 0 Å². The summed E-state index contributed by atoms with van der Waals surface area (Å²) in [6.07, 6.45) is -0.755. The van der Waals surface area contributed by atoms with Crippen molar-refractivity contribution in [3.05, 3.63) is 29.3 Å². The van der Waals surface area contributed by atoms with Gasteiger partial charge < -0.3 is 14.8 Å². The van der Waals surface area contributed by atoms with Crippen LogP contribution in [0.2, 0.25) is 5.02 Å². The molecule has 0 saturated heterocycles. The number of hydrogen-bond donors (Lipinski definition) is 1. The number of amides is 1. The van der Waals surface area contributed by atoms with Crippen molar-refractivity contribution in [2.24, 2.45) is 0 Å². The first kappa shape index (κ1) is 15.3. The summed E-state index contributed by atoms with van der Waals surface area (Å²) in [5.74, 6) is -0.475. The van der Waals surface area contributed by atoms with E-state index >= 15 is 0 Å². The molecule has 0 radical (unpaired) electrons. The third-order valence-corrected chi connectivity index (χ3v) is 2.53. The summed E-state index contributed by atoms with van der Waals surface area (Å²) < 4.78 is 10.1. The molecule has 1 amide bonds. The number of benzene rings is 1. The van der Waals surface area contributed by atoms with Gasteiger partial charge in [0.2, 0.25) is 0 Å². The molecular weight excluding hydrogens is 270 g/mol. The molecule has 0 spiro atoms. The van der Waals surface area contributed by atoms with Gasteiger partial charge in [-0.05, 0) is 26.0 Å². The number of halogens is 1. The minimum absolute atomic E-state index is 0.178. The molecule has 0 bridgehead atoms. The number of para-hydroxylation sites is 1. The Labute approximate surface area is 116 Å². The summed E-state index contributed by atoms with van der Waals surface area (Å²) in [7, 11) is 0. The molecule has 1 atom stereocenters. The molecule has 6 heteroatoms. The monoisotopic (exact) mass is 285 g/mol. The molecule has 104 valence electrons. The molecular formula is C13H16ClNO4. The van der Waals surface area contributed by atoms with Crippen molar-refractivity contribution in [1.82, 2.24) is 5.32 Å². The van der Waals surface area contributed by atoms with Gasteiger partial charge in [-0.15, -0.1) is 0 Å². The van der Waals surface area contributed by atoms with Crippen molar-refractivity contribution in [2.45, 2.75) is 20.0 Å². The Morgan fingerprint density at radius 3 is 2.68 bits per heavy atom. The molecule has 1 rings (SSSR count). The lowest BCUT2D eigenvalue weighted by atomic mass is 10.3. The predicted octanol–water partition coefficient (Wildman–Crippen LogP) is 1.79. The van der Waals surface area contributed by atoms with Crippen LogP contribution < -0.4 is 10.1 Å². The number of carbonyl (C=O) groups excluding carboxylic acids is 2. The van der Waals surface area contributed by atoms with E-state index < -0.39 is 18.0 Å². The molecule has 0 aliphatic heterocycles.